The lowest BCUT2D eigenvalue weighted by Gasteiger charge is -2.23. The van der Waals surface area contributed by atoms with Crippen molar-refractivity contribution in [2.75, 3.05) is 13.1 Å². The largest absolute Gasteiger partial charge is 0.317 e. The molecule has 1 aliphatic rings. The first-order valence-electron chi connectivity index (χ1n) is 7.89. The van der Waals surface area contributed by atoms with Crippen molar-refractivity contribution in [2.45, 2.75) is 25.2 Å². The van der Waals surface area contributed by atoms with Crippen LogP contribution < -0.4 is 10.9 Å². The first-order chi connectivity index (χ1) is 11.3. The normalized spacial score (nSPS) is 16.0. The van der Waals surface area contributed by atoms with E-state index in [0.717, 1.165) is 48.1 Å². The smallest absolute Gasteiger partial charge is 0.251 e. The van der Waals surface area contributed by atoms with Crippen molar-refractivity contribution in [1.82, 2.24) is 19.9 Å². The summed E-state index contributed by atoms with van der Waals surface area (Å²) < 4.78 is 1.86. The number of rotatable bonds is 2. The second-order valence-electron chi connectivity index (χ2n) is 5.99. The van der Waals surface area contributed by atoms with Crippen molar-refractivity contribution in [1.29, 1.82) is 5.26 Å². The standard InChI is InChI=1S/C17H17N5O/c18-7-4-12-2-1-3-13-16(12)17-20-15(23)10-14(22(17)21-13)11-5-8-19-9-6-11/h1-3,10-11,19H,4-6,8-9H2,(H,20,23). The summed E-state index contributed by atoms with van der Waals surface area (Å²) in [6.07, 6.45) is 2.30. The molecule has 1 aromatic carbocycles. The zero-order valence-electron chi connectivity index (χ0n) is 12.7. The van der Waals surface area contributed by atoms with Crippen LogP contribution in [-0.2, 0) is 6.42 Å². The van der Waals surface area contributed by atoms with Crippen molar-refractivity contribution in [3.05, 3.63) is 45.9 Å². The Morgan fingerprint density at radius 2 is 2.17 bits per heavy atom. The van der Waals surface area contributed by atoms with Gasteiger partial charge in [-0.25, -0.2) is 4.52 Å². The third-order valence-electron chi connectivity index (χ3n) is 4.58. The lowest BCUT2D eigenvalue weighted by atomic mass is 9.94. The molecule has 6 nitrogen and oxygen atoms in total. The summed E-state index contributed by atoms with van der Waals surface area (Å²) in [6.45, 7) is 1.92. The Labute approximate surface area is 132 Å². The molecular weight excluding hydrogens is 290 g/mol. The quantitative estimate of drug-likeness (QED) is 0.754. The number of H-pyrrole nitrogens is 1. The number of nitriles is 1. The Balaban J connectivity index is 2.02. The third-order valence-corrected chi connectivity index (χ3v) is 4.58. The van der Waals surface area contributed by atoms with E-state index in [1.807, 2.05) is 22.7 Å². The average molecular weight is 307 g/mol. The predicted octanol–water partition coefficient (Wildman–Crippen LogP) is 1.71. The van der Waals surface area contributed by atoms with Gasteiger partial charge in [-0.3, -0.25) is 4.79 Å². The van der Waals surface area contributed by atoms with Gasteiger partial charge in [-0.2, -0.15) is 10.4 Å². The maximum atomic E-state index is 12.2. The van der Waals surface area contributed by atoms with E-state index in [4.69, 9.17) is 10.4 Å². The molecule has 0 spiro atoms. The molecule has 0 saturated carbocycles. The molecule has 2 aromatic heterocycles. The molecule has 3 heterocycles. The predicted molar refractivity (Wildman–Crippen MR) is 87.5 cm³/mol. The van der Waals surface area contributed by atoms with Crippen LogP contribution in [0, 0.1) is 11.3 Å². The lowest BCUT2D eigenvalue weighted by molar-refractivity contribution is 0.446. The molecule has 3 aromatic rings. The molecule has 0 aliphatic carbocycles. The molecule has 1 aliphatic heterocycles. The highest BCUT2D eigenvalue weighted by Gasteiger charge is 2.21. The molecular formula is C17H17N5O. The topological polar surface area (TPSA) is 86.0 Å². The van der Waals surface area contributed by atoms with E-state index < -0.39 is 0 Å². The summed E-state index contributed by atoms with van der Waals surface area (Å²) in [5.74, 6) is 0.328. The van der Waals surface area contributed by atoms with Crippen LogP contribution in [0.1, 0.15) is 30.0 Å². The Bertz CT molecular complexity index is 972. The highest BCUT2D eigenvalue weighted by Crippen LogP contribution is 2.28. The van der Waals surface area contributed by atoms with E-state index in [2.05, 4.69) is 16.4 Å². The van der Waals surface area contributed by atoms with Gasteiger partial charge in [0.25, 0.3) is 5.56 Å². The van der Waals surface area contributed by atoms with E-state index in [0.29, 0.717) is 18.0 Å². The maximum absolute atomic E-state index is 12.2. The number of nitrogens with zero attached hydrogens (tertiary/aromatic N) is 3. The first kappa shape index (κ1) is 14.0. The Kier molecular flexibility index (Phi) is 3.36. The second kappa shape index (κ2) is 5.52. The summed E-state index contributed by atoms with van der Waals surface area (Å²) in [5.41, 5.74) is 3.27. The van der Waals surface area contributed by atoms with Crippen LogP contribution in [0.25, 0.3) is 16.6 Å². The van der Waals surface area contributed by atoms with Crippen molar-refractivity contribution < 1.29 is 0 Å². The van der Waals surface area contributed by atoms with Gasteiger partial charge in [-0.15, -0.1) is 0 Å². The number of hydrogen-bond donors (Lipinski definition) is 2. The molecule has 2 N–H and O–H groups in total. The molecule has 0 unspecified atom stereocenters. The van der Waals surface area contributed by atoms with E-state index in [9.17, 15) is 4.79 Å². The summed E-state index contributed by atoms with van der Waals surface area (Å²) in [6, 6.07) is 9.60. The SMILES string of the molecule is N#CCc1cccc2nn3c(C4CCNCC4)cc(=O)[nH]c3c12. The van der Waals surface area contributed by atoms with Crippen LogP contribution in [0.3, 0.4) is 0 Å². The average Bonchev–Trinajstić information content (AvgIpc) is 2.94. The summed E-state index contributed by atoms with van der Waals surface area (Å²) in [4.78, 5) is 15.1. The molecule has 6 heteroatoms. The van der Waals surface area contributed by atoms with Gasteiger partial charge in [0.05, 0.1) is 23.7 Å². The minimum absolute atomic E-state index is 0.111. The third kappa shape index (κ3) is 2.30. The Morgan fingerprint density at radius 1 is 1.35 bits per heavy atom. The van der Waals surface area contributed by atoms with Crippen molar-refractivity contribution in [2.24, 2.45) is 0 Å². The van der Waals surface area contributed by atoms with Gasteiger partial charge in [0.2, 0.25) is 0 Å². The monoisotopic (exact) mass is 307 g/mol. The second-order valence-corrected chi connectivity index (χ2v) is 5.99. The zero-order chi connectivity index (χ0) is 15.8. The summed E-state index contributed by atoms with van der Waals surface area (Å²) in [7, 11) is 0. The van der Waals surface area contributed by atoms with Gasteiger partial charge in [0.15, 0.2) is 0 Å². The number of benzene rings is 1. The fourth-order valence-corrected chi connectivity index (χ4v) is 3.50. The van der Waals surface area contributed by atoms with Gasteiger partial charge in [-0.05, 0) is 37.6 Å². The van der Waals surface area contributed by atoms with Gasteiger partial charge >= 0.3 is 0 Å². The minimum Gasteiger partial charge on any atom is -0.317 e. The van der Waals surface area contributed by atoms with Crippen LogP contribution in [0.15, 0.2) is 29.1 Å². The number of piperidine rings is 1. The molecule has 0 radical (unpaired) electrons. The molecule has 23 heavy (non-hydrogen) atoms. The molecule has 0 amide bonds. The van der Waals surface area contributed by atoms with Crippen molar-refractivity contribution in [3.63, 3.8) is 0 Å². The fraction of sp³-hybridized carbons (Fsp3) is 0.353. The molecule has 4 rings (SSSR count). The van der Waals surface area contributed by atoms with Crippen LogP contribution in [0.4, 0.5) is 0 Å². The number of aromatic amines is 1. The number of aromatic nitrogens is 3. The number of hydrogen-bond acceptors (Lipinski definition) is 4. The Hall–Kier alpha value is -2.65. The van der Waals surface area contributed by atoms with E-state index in [1.54, 1.807) is 6.07 Å². The molecule has 0 bridgehead atoms. The maximum Gasteiger partial charge on any atom is 0.251 e. The molecule has 0 atom stereocenters. The van der Waals surface area contributed by atoms with Crippen LogP contribution in [0.5, 0.6) is 0 Å². The first-order valence-corrected chi connectivity index (χ1v) is 7.89. The number of fused-ring (bicyclic) bond motifs is 3. The van der Waals surface area contributed by atoms with Gasteiger partial charge < -0.3 is 10.3 Å². The van der Waals surface area contributed by atoms with Gasteiger partial charge in [0, 0.05) is 17.4 Å². The highest BCUT2D eigenvalue weighted by molar-refractivity contribution is 5.95. The fourth-order valence-electron chi connectivity index (χ4n) is 3.50. The van der Waals surface area contributed by atoms with Crippen molar-refractivity contribution in [3.8, 4) is 6.07 Å². The van der Waals surface area contributed by atoms with E-state index >= 15 is 0 Å². The molecule has 1 saturated heterocycles. The number of nitrogens with one attached hydrogen (secondary N) is 2. The van der Waals surface area contributed by atoms with Crippen LogP contribution in [-0.4, -0.2) is 27.7 Å². The summed E-state index contributed by atoms with van der Waals surface area (Å²) >= 11 is 0. The van der Waals surface area contributed by atoms with Gasteiger partial charge in [-0.1, -0.05) is 12.1 Å². The Morgan fingerprint density at radius 3 is 2.96 bits per heavy atom. The van der Waals surface area contributed by atoms with Crippen LogP contribution in [0.2, 0.25) is 0 Å². The van der Waals surface area contributed by atoms with E-state index in [-0.39, 0.29) is 5.56 Å². The van der Waals surface area contributed by atoms with Crippen molar-refractivity contribution >= 4 is 16.6 Å². The molecule has 116 valence electrons. The summed E-state index contributed by atoms with van der Waals surface area (Å²) in [5, 5.41) is 18.0. The highest BCUT2D eigenvalue weighted by atomic mass is 16.1. The van der Waals surface area contributed by atoms with Gasteiger partial charge in [0.1, 0.15) is 5.65 Å². The van der Waals surface area contributed by atoms with Crippen LogP contribution >= 0.6 is 0 Å². The molecule has 1 fully saturated rings. The zero-order valence-corrected chi connectivity index (χ0v) is 12.7. The lowest BCUT2D eigenvalue weighted by Crippen LogP contribution is -2.28. The minimum atomic E-state index is -0.111. The van der Waals surface area contributed by atoms with E-state index in [1.165, 1.54) is 0 Å².